The second kappa shape index (κ2) is 8.99. The standard InChI is InChI=1S/C20H33FN4O2/c21-16-8-4-5-14(9-16)12-25-13-17(11-22-25)23-20(26)18-10-19(27-24-18)15-6-2-1-3-7-15/h6,14,16-19,22,24H,1-5,7-13H2,(H,23,26). The Morgan fingerprint density at radius 1 is 1.30 bits per heavy atom. The zero-order chi connectivity index (χ0) is 18.6. The maximum absolute atomic E-state index is 13.6. The van der Waals surface area contributed by atoms with Crippen molar-refractivity contribution in [1.29, 1.82) is 0 Å². The maximum Gasteiger partial charge on any atom is 0.239 e. The lowest BCUT2D eigenvalue weighted by molar-refractivity contribution is -0.124. The predicted molar refractivity (Wildman–Crippen MR) is 101 cm³/mol. The van der Waals surface area contributed by atoms with E-state index in [0.29, 0.717) is 18.8 Å². The van der Waals surface area contributed by atoms with Crippen LogP contribution in [0.1, 0.15) is 57.8 Å². The molecule has 2 aliphatic carbocycles. The average molecular weight is 381 g/mol. The van der Waals surface area contributed by atoms with Crippen LogP contribution in [0.3, 0.4) is 0 Å². The van der Waals surface area contributed by atoms with Crippen molar-refractivity contribution >= 4 is 5.91 Å². The van der Waals surface area contributed by atoms with Crippen LogP contribution >= 0.6 is 0 Å². The fraction of sp³-hybridized carbons (Fsp3) is 0.850. The Morgan fingerprint density at radius 2 is 2.22 bits per heavy atom. The number of carbonyl (C=O) groups is 1. The van der Waals surface area contributed by atoms with Gasteiger partial charge in [-0.1, -0.05) is 12.5 Å². The first-order valence-electron chi connectivity index (χ1n) is 10.7. The van der Waals surface area contributed by atoms with Gasteiger partial charge in [0.05, 0.1) is 6.04 Å². The molecule has 0 radical (unpaired) electrons. The number of rotatable bonds is 5. The van der Waals surface area contributed by atoms with Crippen LogP contribution in [0.5, 0.6) is 0 Å². The molecular formula is C20H33FN4O2. The van der Waals surface area contributed by atoms with Crippen molar-refractivity contribution in [1.82, 2.24) is 21.2 Å². The van der Waals surface area contributed by atoms with Gasteiger partial charge in [0.15, 0.2) is 0 Å². The molecule has 2 heterocycles. The topological polar surface area (TPSA) is 65.6 Å². The summed E-state index contributed by atoms with van der Waals surface area (Å²) in [5, 5.41) is 5.30. The molecule has 1 saturated carbocycles. The molecular weight excluding hydrogens is 347 g/mol. The first kappa shape index (κ1) is 19.3. The number of halogens is 1. The minimum absolute atomic E-state index is 0.0176. The van der Waals surface area contributed by atoms with E-state index < -0.39 is 6.17 Å². The van der Waals surface area contributed by atoms with Gasteiger partial charge in [0.25, 0.3) is 0 Å². The monoisotopic (exact) mass is 380 g/mol. The molecule has 6 nitrogen and oxygen atoms in total. The van der Waals surface area contributed by atoms with Gasteiger partial charge in [0, 0.05) is 26.1 Å². The highest BCUT2D eigenvalue weighted by Crippen LogP contribution is 2.28. The molecule has 5 atom stereocenters. The van der Waals surface area contributed by atoms with Crippen molar-refractivity contribution in [3.8, 4) is 0 Å². The molecule has 7 heteroatoms. The van der Waals surface area contributed by atoms with Gasteiger partial charge in [-0.05, 0) is 56.4 Å². The number of hydrogen-bond donors (Lipinski definition) is 3. The fourth-order valence-corrected chi connectivity index (χ4v) is 4.89. The second-order valence-corrected chi connectivity index (χ2v) is 8.64. The number of alkyl halides is 1. The Labute approximate surface area is 161 Å². The third-order valence-corrected chi connectivity index (χ3v) is 6.40. The second-order valence-electron chi connectivity index (χ2n) is 8.64. The third kappa shape index (κ3) is 5.08. The average Bonchev–Trinajstić information content (AvgIpc) is 3.32. The van der Waals surface area contributed by atoms with Crippen LogP contribution in [-0.4, -0.2) is 54.9 Å². The SMILES string of the molecule is O=C(NC1CNN(CC2CCCC(F)C2)C1)C1CC(C2=CCCCC2)ON1. The van der Waals surface area contributed by atoms with Crippen LogP contribution in [0.2, 0.25) is 0 Å². The molecule has 27 heavy (non-hydrogen) atoms. The molecule has 3 N–H and O–H groups in total. The number of nitrogens with zero attached hydrogens (tertiary/aromatic N) is 1. The number of hydrazine groups is 1. The summed E-state index contributed by atoms with van der Waals surface area (Å²) in [7, 11) is 0. The smallest absolute Gasteiger partial charge is 0.239 e. The van der Waals surface area contributed by atoms with Crippen LogP contribution in [0.4, 0.5) is 4.39 Å². The van der Waals surface area contributed by atoms with Crippen LogP contribution < -0.4 is 16.2 Å². The minimum atomic E-state index is -0.637. The van der Waals surface area contributed by atoms with Crippen LogP contribution in [-0.2, 0) is 9.63 Å². The van der Waals surface area contributed by atoms with E-state index in [0.717, 1.165) is 51.7 Å². The Kier molecular flexibility index (Phi) is 6.42. The largest absolute Gasteiger partial charge is 0.349 e. The molecule has 0 aromatic rings. The summed E-state index contributed by atoms with van der Waals surface area (Å²) in [5.41, 5.74) is 7.64. The van der Waals surface area contributed by atoms with Gasteiger partial charge in [-0.2, -0.15) is 5.48 Å². The summed E-state index contributed by atoms with van der Waals surface area (Å²) in [6.45, 7) is 2.38. The number of carbonyl (C=O) groups excluding carboxylic acids is 1. The molecule has 0 bridgehead atoms. The quantitative estimate of drug-likeness (QED) is 0.637. The Hall–Kier alpha value is -1.02. The Bertz CT molecular complexity index is 558. The number of amides is 1. The highest BCUT2D eigenvalue weighted by Gasteiger charge is 2.35. The first-order valence-corrected chi connectivity index (χ1v) is 10.7. The number of nitrogens with one attached hydrogen (secondary N) is 3. The minimum Gasteiger partial charge on any atom is -0.349 e. The van der Waals surface area contributed by atoms with E-state index in [4.69, 9.17) is 4.84 Å². The lowest BCUT2D eigenvalue weighted by atomic mass is 9.88. The zero-order valence-electron chi connectivity index (χ0n) is 16.1. The van der Waals surface area contributed by atoms with Crippen molar-refractivity contribution in [2.45, 2.75) is 82.1 Å². The number of allylic oxidation sites excluding steroid dienone is 1. The van der Waals surface area contributed by atoms with Gasteiger partial charge in [0.2, 0.25) is 5.91 Å². The van der Waals surface area contributed by atoms with Gasteiger partial charge in [-0.25, -0.2) is 9.40 Å². The van der Waals surface area contributed by atoms with Gasteiger partial charge in [-0.15, -0.1) is 0 Å². The number of hydrogen-bond acceptors (Lipinski definition) is 5. The van der Waals surface area contributed by atoms with Gasteiger partial charge in [0.1, 0.15) is 18.3 Å². The van der Waals surface area contributed by atoms with E-state index in [9.17, 15) is 9.18 Å². The summed E-state index contributed by atoms with van der Waals surface area (Å²) < 4.78 is 13.6. The normalized spacial score (nSPS) is 38.0. The summed E-state index contributed by atoms with van der Waals surface area (Å²) in [6, 6.07) is -0.186. The van der Waals surface area contributed by atoms with Gasteiger partial charge in [-0.3, -0.25) is 15.1 Å². The molecule has 4 rings (SSSR count). The summed E-state index contributed by atoms with van der Waals surface area (Å²) in [6.07, 6.45) is 10.6. The van der Waals surface area contributed by atoms with Crippen LogP contribution in [0.15, 0.2) is 11.6 Å². The number of hydroxylamine groups is 1. The van der Waals surface area contributed by atoms with Crippen molar-refractivity contribution in [3.63, 3.8) is 0 Å². The molecule has 3 fully saturated rings. The predicted octanol–water partition coefficient (Wildman–Crippen LogP) is 1.98. The third-order valence-electron chi connectivity index (χ3n) is 6.40. The van der Waals surface area contributed by atoms with Gasteiger partial charge < -0.3 is 5.32 Å². The van der Waals surface area contributed by atoms with E-state index in [1.165, 1.54) is 18.4 Å². The molecule has 0 spiro atoms. The lowest BCUT2D eigenvalue weighted by Gasteiger charge is -2.28. The van der Waals surface area contributed by atoms with E-state index in [1.54, 1.807) is 0 Å². The van der Waals surface area contributed by atoms with Crippen LogP contribution in [0, 0.1) is 5.92 Å². The van der Waals surface area contributed by atoms with E-state index >= 15 is 0 Å². The first-order chi connectivity index (χ1) is 13.2. The molecule has 4 aliphatic rings. The molecule has 5 unspecified atom stereocenters. The Balaban J connectivity index is 1.19. The molecule has 0 aromatic carbocycles. The summed E-state index contributed by atoms with van der Waals surface area (Å²) in [4.78, 5) is 18.3. The summed E-state index contributed by atoms with van der Waals surface area (Å²) in [5.74, 6) is 0.439. The van der Waals surface area contributed by atoms with E-state index in [2.05, 4.69) is 27.3 Å². The molecule has 2 saturated heterocycles. The van der Waals surface area contributed by atoms with Crippen molar-refractivity contribution < 1.29 is 14.0 Å². The van der Waals surface area contributed by atoms with Gasteiger partial charge >= 0.3 is 0 Å². The molecule has 0 aromatic heterocycles. The highest BCUT2D eigenvalue weighted by atomic mass is 19.1. The fourth-order valence-electron chi connectivity index (χ4n) is 4.89. The highest BCUT2D eigenvalue weighted by molar-refractivity contribution is 5.82. The van der Waals surface area contributed by atoms with E-state index in [1.807, 2.05) is 0 Å². The van der Waals surface area contributed by atoms with Crippen molar-refractivity contribution in [3.05, 3.63) is 11.6 Å². The van der Waals surface area contributed by atoms with E-state index in [-0.39, 0.29) is 24.1 Å². The summed E-state index contributed by atoms with van der Waals surface area (Å²) >= 11 is 0. The Morgan fingerprint density at radius 3 is 3.04 bits per heavy atom. The zero-order valence-corrected chi connectivity index (χ0v) is 16.1. The van der Waals surface area contributed by atoms with Crippen molar-refractivity contribution in [2.24, 2.45) is 5.92 Å². The molecule has 2 aliphatic heterocycles. The lowest BCUT2D eigenvalue weighted by Crippen LogP contribution is -2.47. The molecule has 152 valence electrons. The van der Waals surface area contributed by atoms with Crippen molar-refractivity contribution in [2.75, 3.05) is 19.6 Å². The molecule has 1 amide bonds. The maximum atomic E-state index is 13.6. The van der Waals surface area contributed by atoms with Crippen LogP contribution in [0.25, 0.3) is 0 Å².